The number of thiophene rings is 1. The fraction of sp³-hybridized carbons (Fsp3) is 0.500. The second-order valence-electron chi connectivity index (χ2n) is 4.24. The second-order valence-corrected chi connectivity index (χ2v) is 5.16. The van der Waals surface area contributed by atoms with Crippen LogP contribution in [0.1, 0.15) is 12.5 Å². The summed E-state index contributed by atoms with van der Waals surface area (Å²) in [4.78, 5) is 13.9. The summed E-state index contributed by atoms with van der Waals surface area (Å²) in [6.45, 7) is 4.54. The molecular formula is C12H15N3O2S. The molecular weight excluding hydrogens is 250 g/mol. The predicted molar refractivity (Wildman–Crippen MR) is 69.5 cm³/mol. The summed E-state index contributed by atoms with van der Waals surface area (Å²) < 4.78 is 5.42. The van der Waals surface area contributed by atoms with E-state index in [2.05, 4.69) is 16.3 Å². The van der Waals surface area contributed by atoms with Crippen molar-refractivity contribution >= 4 is 22.2 Å². The van der Waals surface area contributed by atoms with Crippen LogP contribution in [0.15, 0.2) is 11.4 Å². The van der Waals surface area contributed by atoms with E-state index in [9.17, 15) is 4.79 Å². The fourth-order valence-corrected chi connectivity index (χ4v) is 2.65. The Kier molecular flexibility index (Phi) is 4.31. The van der Waals surface area contributed by atoms with Crippen molar-refractivity contribution in [1.82, 2.24) is 4.90 Å². The molecule has 0 radical (unpaired) electrons. The molecule has 1 aliphatic rings. The van der Waals surface area contributed by atoms with Gasteiger partial charge in [0.25, 0.3) is 0 Å². The lowest BCUT2D eigenvalue weighted by atomic mass is 10.3. The van der Waals surface area contributed by atoms with Crippen molar-refractivity contribution in [2.24, 2.45) is 0 Å². The minimum atomic E-state index is -0.0805. The highest BCUT2D eigenvalue weighted by molar-refractivity contribution is 7.14. The Balaban J connectivity index is 1.87. The van der Waals surface area contributed by atoms with E-state index in [1.54, 1.807) is 11.4 Å². The van der Waals surface area contributed by atoms with E-state index in [0.29, 0.717) is 23.7 Å². The number of carbonyl (C=O) groups excluding carboxylic acids is 1. The first-order valence-electron chi connectivity index (χ1n) is 5.80. The van der Waals surface area contributed by atoms with E-state index in [-0.39, 0.29) is 12.0 Å². The van der Waals surface area contributed by atoms with E-state index in [1.807, 2.05) is 6.92 Å². The summed E-state index contributed by atoms with van der Waals surface area (Å²) in [7, 11) is 0. The Morgan fingerprint density at radius 1 is 1.78 bits per heavy atom. The molecule has 2 heterocycles. The van der Waals surface area contributed by atoms with Crippen LogP contribution in [0.4, 0.5) is 5.00 Å². The third-order valence-corrected chi connectivity index (χ3v) is 3.56. The average Bonchev–Trinajstić information content (AvgIpc) is 2.76. The molecule has 96 valence electrons. The third kappa shape index (κ3) is 3.29. The van der Waals surface area contributed by atoms with Gasteiger partial charge < -0.3 is 10.1 Å². The van der Waals surface area contributed by atoms with E-state index in [4.69, 9.17) is 10.00 Å². The number of amides is 1. The van der Waals surface area contributed by atoms with Gasteiger partial charge >= 0.3 is 0 Å². The van der Waals surface area contributed by atoms with Gasteiger partial charge in [0.1, 0.15) is 11.1 Å². The largest absolute Gasteiger partial charge is 0.376 e. The number of rotatable bonds is 3. The molecule has 0 aromatic carbocycles. The summed E-state index contributed by atoms with van der Waals surface area (Å²) in [5, 5.41) is 14.1. The van der Waals surface area contributed by atoms with Crippen LogP contribution in [0.2, 0.25) is 0 Å². The van der Waals surface area contributed by atoms with Gasteiger partial charge in [0.15, 0.2) is 0 Å². The Bertz CT molecular complexity index is 466. The molecule has 6 heteroatoms. The zero-order chi connectivity index (χ0) is 13.0. The minimum absolute atomic E-state index is 0.0805. The van der Waals surface area contributed by atoms with Crippen LogP contribution in [-0.4, -0.2) is 43.2 Å². The van der Waals surface area contributed by atoms with Crippen molar-refractivity contribution in [3.63, 3.8) is 0 Å². The number of nitriles is 1. The zero-order valence-corrected chi connectivity index (χ0v) is 11.0. The molecule has 0 aliphatic carbocycles. The number of morpholine rings is 1. The van der Waals surface area contributed by atoms with E-state index in [1.165, 1.54) is 11.3 Å². The quantitative estimate of drug-likeness (QED) is 0.894. The maximum Gasteiger partial charge on any atom is 0.239 e. The molecule has 2 rings (SSSR count). The van der Waals surface area contributed by atoms with Crippen LogP contribution in [0, 0.1) is 11.3 Å². The lowest BCUT2D eigenvalue weighted by molar-refractivity contribution is -0.119. The zero-order valence-electron chi connectivity index (χ0n) is 10.2. The Morgan fingerprint density at radius 2 is 2.61 bits per heavy atom. The van der Waals surface area contributed by atoms with Gasteiger partial charge in [-0.05, 0) is 18.4 Å². The summed E-state index contributed by atoms with van der Waals surface area (Å²) in [6.07, 6.45) is 0.169. The van der Waals surface area contributed by atoms with Crippen molar-refractivity contribution in [2.75, 3.05) is 31.6 Å². The van der Waals surface area contributed by atoms with Crippen molar-refractivity contribution in [3.8, 4) is 6.07 Å². The van der Waals surface area contributed by atoms with Gasteiger partial charge in [0, 0.05) is 13.1 Å². The van der Waals surface area contributed by atoms with Crippen LogP contribution in [0.25, 0.3) is 0 Å². The monoisotopic (exact) mass is 265 g/mol. The molecule has 1 atom stereocenters. The highest BCUT2D eigenvalue weighted by atomic mass is 32.1. The highest BCUT2D eigenvalue weighted by Crippen LogP contribution is 2.21. The number of nitrogens with zero attached hydrogens (tertiary/aromatic N) is 2. The molecule has 0 saturated carbocycles. The number of nitrogens with one attached hydrogen (secondary N) is 1. The predicted octanol–water partition coefficient (Wildman–Crippen LogP) is 1.28. The van der Waals surface area contributed by atoms with Crippen LogP contribution in [0.3, 0.4) is 0 Å². The second kappa shape index (κ2) is 5.96. The highest BCUT2D eigenvalue weighted by Gasteiger charge is 2.19. The molecule has 0 spiro atoms. The molecule has 1 aromatic heterocycles. The lowest BCUT2D eigenvalue weighted by Gasteiger charge is -2.30. The molecule has 1 amide bonds. The summed E-state index contributed by atoms with van der Waals surface area (Å²) >= 11 is 1.37. The van der Waals surface area contributed by atoms with Gasteiger partial charge in [-0.3, -0.25) is 9.69 Å². The SMILES string of the molecule is C[C@H]1CN(CC(=O)Nc2sccc2C#N)CCO1. The number of carbonyl (C=O) groups is 1. The fourth-order valence-electron chi connectivity index (χ4n) is 1.90. The molecule has 1 fully saturated rings. The van der Waals surface area contributed by atoms with Gasteiger partial charge in [-0.2, -0.15) is 5.26 Å². The van der Waals surface area contributed by atoms with Gasteiger partial charge in [0.2, 0.25) is 5.91 Å². The number of anilines is 1. The van der Waals surface area contributed by atoms with Gasteiger partial charge in [-0.1, -0.05) is 0 Å². The molecule has 1 N–H and O–H groups in total. The topological polar surface area (TPSA) is 65.4 Å². The van der Waals surface area contributed by atoms with E-state index < -0.39 is 0 Å². The summed E-state index contributed by atoms with van der Waals surface area (Å²) in [5.41, 5.74) is 0.517. The molecule has 1 saturated heterocycles. The average molecular weight is 265 g/mol. The summed E-state index contributed by atoms with van der Waals surface area (Å²) in [5.74, 6) is -0.0805. The smallest absolute Gasteiger partial charge is 0.239 e. The molecule has 1 aliphatic heterocycles. The van der Waals surface area contributed by atoms with Gasteiger partial charge in [-0.25, -0.2) is 0 Å². The Labute approximate surface area is 110 Å². The third-order valence-electron chi connectivity index (χ3n) is 2.73. The van der Waals surface area contributed by atoms with Crippen molar-refractivity contribution in [2.45, 2.75) is 13.0 Å². The molecule has 0 bridgehead atoms. The molecule has 1 aromatic rings. The van der Waals surface area contributed by atoms with E-state index in [0.717, 1.165) is 13.1 Å². The Hall–Kier alpha value is -1.42. The van der Waals surface area contributed by atoms with Crippen LogP contribution >= 0.6 is 11.3 Å². The molecule has 5 nitrogen and oxygen atoms in total. The van der Waals surface area contributed by atoms with Crippen LogP contribution in [0.5, 0.6) is 0 Å². The standard InChI is InChI=1S/C12H15N3O2S/c1-9-7-15(3-4-17-9)8-11(16)14-12-10(6-13)2-5-18-12/h2,5,9H,3-4,7-8H2,1H3,(H,14,16)/t9-/m0/s1. The van der Waals surface area contributed by atoms with Gasteiger partial charge in [-0.15, -0.1) is 11.3 Å². The van der Waals surface area contributed by atoms with Crippen molar-refractivity contribution in [1.29, 1.82) is 5.26 Å². The first-order valence-corrected chi connectivity index (χ1v) is 6.68. The maximum atomic E-state index is 11.9. The van der Waals surface area contributed by atoms with Crippen molar-refractivity contribution < 1.29 is 9.53 Å². The van der Waals surface area contributed by atoms with E-state index >= 15 is 0 Å². The molecule has 0 unspecified atom stereocenters. The Morgan fingerprint density at radius 3 is 3.33 bits per heavy atom. The first-order chi connectivity index (χ1) is 8.69. The minimum Gasteiger partial charge on any atom is -0.376 e. The number of hydrogen-bond donors (Lipinski definition) is 1. The van der Waals surface area contributed by atoms with Gasteiger partial charge in [0.05, 0.1) is 24.8 Å². The summed E-state index contributed by atoms with van der Waals surface area (Å²) in [6, 6.07) is 3.76. The van der Waals surface area contributed by atoms with Crippen LogP contribution < -0.4 is 5.32 Å². The lowest BCUT2D eigenvalue weighted by Crippen LogP contribution is -2.44. The van der Waals surface area contributed by atoms with Crippen molar-refractivity contribution in [3.05, 3.63) is 17.0 Å². The normalized spacial score (nSPS) is 20.3. The first kappa shape index (κ1) is 13.0. The number of hydrogen-bond acceptors (Lipinski definition) is 5. The van der Waals surface area contributed by atoms with Crippen LogP contribution in [-0.2, 0) is 9.53 Å². The maximum absolute atomic E-state index is 11.9. The molecule has 18 heavy (non-hydrogen) atoms. The number of ether oxygens (including phenoxy) is 1.